The van der Waals surface area contributed by atoms with Crippen molar-refractivity contribution in [2.75, 3.05) is 9.80 Å². The molecular weight excluding hydrogens is 677 g/mol. The summed E-state index contributed by atoms with van der Waals surface area (Å²) in [5, 5.41) is 12.0. The molecule has 2 aliphatic rings. The molecule has 1 atom stereocenters. The van der Waals surface area contributed by atoms with E-state index in [1.807, 2.05) is 0 Å². The van der Waals surface area contributed by atoms with Gasteiger partial charge >= 0.3 is 0 Å². The van der Waals surface area contributed by atoms with Crippen LogP contribution >= 0.6 is 0 Å². The number of allylic oxidation sites excluding steroid dienone is 4. The molecule has 1 unspecified atom stereocenters. The van der Waals surface area contributed by atoms with E-state index in [0.717, 1.165) is 35.9 Å². The zero-order valence-corrected chi connectivity index (χ0v) is 31.4. The lowest BCUT2D eigenvalue weighted by Gasteiger charge is -2.34. The average molecular weight is 719 g/mol. The van der Waals surface area contributed by atoms with Gasteiger partial charge in [0.05, 0.1) is 17.4 Å². The maximum absolute atomic E-state index is 4.42. The quantitative estimate of drug-likeness (QED) is 0.120. The average Bonchev–Trinajstić information content (AvgIpc) is 3.25. The molecule has 2 aliphatic carbocycles. The van der Waals surface area contributed by atoms with Crippen LogP contribution in [0, 0.1) is 0 Å². The van der Waals surface area contributed by atoms with E-state index in [-0.39, 0.29) is 6.04 Å². The standard InChI is InChI=1S/C54H42N2/c1-38-33-40-17-8-9-18-41(40)34-39(38)21-16-32-55(46-22-4-2-5-23-46)53-49-26-12-14-28-51(49)54(52-29-15-13-27-50(52)53)56(47-24-6-3-7-25-47)48-31-30-44-35-42-19-10-11-20-43(42)36-45(44)37-48/h2-8,10-17,19-22,24-37,46H,1,9,18,23H2/b32-16+,39-21-. The molecule has 0 aliphatic heterocycles. The highest BCUT2D eigenvalue weighted by Crippen LogP contribution is 2.49. The Balaban J connectivity index is 1.20. The lowest BCUT2D eigenvalue weighted by Crippen LogP contribution is -2.30. The van der Waals surface area contributed by atoms with Crippen LogP contribution in [0.1, 0.15) is 24.0 Å². The minimum atomic E-state index is 0.149. The first kappa shape index (κ1) is 33.7. The Bertz CT molecular complexity index is 2980. The van der Waals surface area contributed by atoms with Gasteiger partial charge in [-0.25, -0.2) is 0 Å². The summed E-state index contributed by atoms with van der Waals surface area (Å²) in [7, 11) is 0. The van der Waals surface area contributed by atoms with Gasteiger partial charge in [0.2, 0.25) is 0 Å². The Kier molecular flexibility index (Phi) is 8.65. The third-order valence-corrected chi connectivity index (χ3v) is 11.4. The van der Waals surface area contributed by atoms with Crippen molar-refractivity contribution < 1.29 is 0 Å². The van der Waals surface area contributed by atoms with Crippen molar-refractivity contribution in [2.24, 2.45) is 0 Å². The summed E-state index contributed by atoms with van der Waals surface area (Å²) in [6.07, 6.45) is 23.2. The summed E-state index contributed by atoms with van der Waals surface area (Å²) in [5.41, 5.74) is 7.31. The van der Waals surface area contributed by atoms with E-state index in [2.05, 4.69) is 217 Å². The fourth-order valence-corrected chi connectivity index (χ4v) is 8.72. The van der Waals surface area contributed by atoms with Crippen molar-refractivity contribution in [3.8, 4) is 0 Å². The van der Waals surface area contributed by atoms with E-state index < -0.39 is 0 Å². The summed E-state index contributed by atoms with van der Waals surface area (Å²) >= 11 is 0. The molecule has 0 saturated carbocycles. The number of aryl methyl sites for hydroxylation is 1. The summed E-state index contributed by atoms with van der Waals surface area (Å²) in [6, 6.07) is 53.6. The van der Waals surface area contributed by atoms with Gasteiger partial charge in [-0.2, -0.15) is 0 Å². The SMILES string of the molecule is C=c1cc2c(c/c1=C/C=C/N(c1c3ccccc3c(N(c3ccccc3)c3ccc4cc5ccccc5cc4c3)c3ccccc13)C1C=CC=CC1)CCC=C2. The van der Waals surface area contributed by atoms with Crippen LogP contribution in [0.5, 0.6) is 0 Å². The molecule has 0 fully saturated rings. The summed E-state index contributed by atoms with van der Waals surface area (Å²) in [5.74, 6) is 0. The lowest BCUT2D eigenvalue weighted by atomic mass is 9.94. The molecular formula is C54H42N2. The molecule has 10 rings (SSSR count). The first-order valence-electron chi connectivity index (χ1n) is 19.7. The van der Waals surface area contributed by atoms with Gasteiger partial charge in [0.1, 0.15) is 0 Å². The lowest BCUT2D eigenvalue weighted by molar-refractivity contribution is 0.784. The molecule has 0 aromatic heterocycles. The van der Waals surface area contributed by atoms with Crippen molar-refractivity contribution in [2.45, 2.75) is 25.3 Å². The Labute approximate surface area is 328 Å². The second-order valence-electron chi connectivity index (χ2n) is 14.9. The number of hydrogen-bond donors (Lipinski definition) is 0. The van der Waals surface area contributed by atoms with Crippen LogP contribution in [0.2, 0.25) is 0 Å². The molecule has 0 N–H and O–H groups in total. The van der Waals surface area contributed by atoms with E-state index >= 15 is 0 Å². The van der Waals surface area contributed by atoms with Gasteiger partial charge in [-0.1, -0.05) is 152 Å². The highest BCUT2D eigenvalue weighted by atomic mass is 15.2. The van der Waals surface area contributed by atoms with Crippen molar-refractivity contribution in [3.63, 3.8) is 0 Å². The van der Waals surface area contributed by atoms with E-state index in [1.165, 1.54) is 70.8 Å². The Morgan fingerprint density at radius 1 is 0.571 bits per heavy atom. The second kappa shape index (κ2) is 14.4. The van der Waals surface area contributed by atoms with Crippen LogP contribution in [0.25, 0.3) is 61.8 Å². The fourth-order valence-electron chi connectivity index (χ4n) is 8.72. The van der Waals surface area contributed by atoms with Gasteiger partial charge in [0.15, 0.2) is 0 Å². The Morgan fingerprint density at radius 3 is 1.95 bits per heavy atom. The van der Waals surface area contributed by atoms with Crippen LogP contribution in [0.15, 0.2) is 188 Å². The summed E-state index contributed by atoms with van der Waals surface area (Å²) in [4.78, 5) is 4.95. The molecule has 2 heteroatoms. The maximum Gasteiger partial charge on any atom is 0.0619 e. The third kappa shape index (κ3) is 6.10. The van der Waals surface area contributed by atoms with Crippen LogP contribution in [-0.4, -0.2) is 6.04 Å². The molecule has 8 aromatic rings. The second-order valence-corrected chi connectivity index (χ2v) is 14.9. The maximum atomic E-state index is 4.42. The Morgan fingerprint density at radius 2 is 1.23 bits per heavy atom. The highest BCUT2D eigenvalue weighted by molar-refractivity contribution is 6.22. The fraction of sp³-hybridized carbons (Fsp3) is 0.0741. The van der Waals surface area contributed by atoms with E-state index in [0.29, 0.717) is 0 Å². The van der Waals surface area contributed by atoms with Gasteiger partial charge in [-0.05, 0) is 111 Å². The van der Waals surface area contributed by atoms with Gasteiger partial charge < -0.3 is 9.80 Å². The number of benzene rings is 8. The summed E-state index contributed by atoms with van der Waals surface area (Å²) in [6.45, 7) is 4.42. The molecule has 0 bridgehead atoms. The number of rotatable bonds is 7. The normalized spacial score (nSPS) is 15.4. The first-order chi connectivity index (χ1) is 27.7. The van der Waals surface area contributed by atoms with Gasteiger partial charge in [-0.15, -0.1) is 0 Å². The predicted octanol–water partition coefficient (Wildman–Crippen LogP) is 12.8. The molecule has 56 heavy (non-hydrogen) atoms. The van der Waals surface area contributed by atoms with Gasteiger partial charge in [0, 0.05) is 39.1 Å². The minimum absolute atomic E-state index is 0.149. The minimum Gasteiger partial charge on any atom is -0.340 e. The van der Waals surface area contributed by atoms with E-state index in [1.54, 1.807) is 0 Å². The third-order valence-electron chi connectivity index (χ3n) is 11.4. The molecule has 268 valence electrons. The number of anilines is 4. The van der Waals surface area contributed by atoms with Gasteiger partial charge in [0.25, 0.3) is 0 Å². The van der Waals surface area contributed by atoms with Crippen LogP contribution < -0.4 is 20.2 Å². The zero-order valence-electron chi connectivity index (χ0n) is 31.4. The topological polar surface area (TPSA) is 6.48 Å². The zero-order chi connectivity index (χ0) is 37.4. The molecule has 0 spiro atoms. The molecule has 2 nitrogen and oxygen atoms in total. The van der Waals surface area contributed by atoms with E-state index in [9.17, 15) is 0 Å². The number of nitrogens with zero attached hydrogens (tertiary/aromatic N) is 2. The molecule has 0 radical (unpaired) electrons. The number of para-hydroxylation sites is 1. The van der Waals surface area contributed by atoms with Crippen molar-refractivity contribution in [3.05, 3.63) is 210 Å². The van der Waals surface area contributed by atoms with Gasteiger partial charge in [-0.3, -0.25) is 0 Å². The van der Waals surface area contributed by atoms with Crippen molar-refractivity contribution >= 4 is 84.6 Å². The molecule has 0 heterocycles. The highest BCUT2D eigenvalue weighted by Gasteiger charge is 2.25. The number of hydrogen-bond acceptors (Lipinski definition) is 2. The van der Waals surface area contributed by atoms with Crippen LogP contribution in [0.3, 0.4) is 0 Å². The van der Waals surface area contributed by atoms with Crippen LogP contribution in [0.4, 0.5) is 22.7 Å². The van der Waals surface area contributed by atoms with Crippen molar-refractivity contribution in [1.82, 2.24) is 0 Å². The Hall–Kier alpha value is -6.90. The molecule has 8 aromatic carbocycles. The smallest absolute Gasteiger partial charge is 0.0619 e. The molecule has 0 saturated heterocycles. The largest absolute Gasteiger partial charge is 0.340 e. The first-order valence-corrected chi connectivity index (χ1v) is 19.7. The number of fused-ring (bicyclic) bond motifs is 5. The van der Waals surface area contributed by atoms with Crippen LogP contribution in [-0.2, 0) is 6.42 Å². The van der Waals surface area contributed by atoms with Crippen molar-refractivity contribution in [1.29, 1.82) is 0 Å². The molecule has 0 amide bonds. The summed E-state index contributed by atoms with van der Waals surface area (Å²) < 4.78 is 0. The monoisotopic (exact) mass is 718 g/mol. The van der Waals surface area contributed by atoms with E-state index in [4.69, 9.17) is 0 Å². The predicted molar refractivity (Wildman–Crippen MR) is 242 cm³/mol.